The summed E-state index contributed by atoms with van der Waals surface area (Å²) in [7, 11) is 0. The lowest BCUT2D eigenvalue weighted by Gasteiger charge is -2.35. The molecule has 24 heavy (non-hydrogen) atoms. The number of ether oxygens (including phenoxy) is 1. The standard InChI is InChI=1S/C15H17F3N2O4/c1-10-4-5-11(20(22)23)7-13(10)14(21)19(9-15(16,17)18)12-3-2-6-24-8-12/h4-5,7,12H,2-3,6,8-9H2,1H3/t12-/m1/s1. The van der Waals surface area contributed by atoms with Gasteiger partial charge in [-0.3, -0.25) is 14.9 Å². The lowest BCUT2D eigenvalue weighted by molar-refractivity contribution is -0.384. The molecule has 0 N–H and O–H groups in total. The molecule has 1 heterocycles. The van der Waals surface area contributed by atoms with Crippen LogP contribution < -0.4 is 0 Å². The van der Waals surface area contributed by atoms with Crippen LogP contribution in [0, 0.1) is 17.0 Å². The van der Waals surface area contributed by atoms with E-state index in [1.165, 1.54) is 19.1 Å². The summed E-state index contributed by atoms with van der Waals surface area (Å²) >= 11 is 0. The molecular weight excluding hydrogens is 329 g/mol. The molecule has 1 aliphatic heterocycles. The van der Waals surface area contributed by atoms with Gasteiger partial charge >= 0.3 is 6.18 Å². The minimum atomic E-state index is -4.57. The topological polar surface area (TPSA) is 72.7 Å². The zero-order valence-corrected chi connectivity index (χ0v) is 13.0. The van der Waals surface area contributed by atoms with Crippen LogP contribution in [0.5, 0.6) is 0 Å². The van der Waals surface area contributed by atoms with Crippen LogP contribution >= 0.6 is 0 Å². The van der Waals surface area contributed by atoms with Gasteiger partial charge in [0.05, 0.1) is 17.6 Å². The third-order valence-corrected chi connectivity index (χ3v) is 3.85. The fraction of sp³-hybridized carbons (Fsp3) is 0.533. The Labute approximate surface area is 136 Å². The largest absolute Gasteiger partial charge is 0.406 e. The normalized spacial score (nSPS) is 18.2. The number of nitro groups is 1. The van der Waals surface area contributed by atoms with Crippen LogP contribution in [0.4, 0.5) is 18.9 Å². The highest BCUT2D eigenvalue weighted by Gasteiger charge is 2.38. The Balaban J connectivity index is 2.36. The van der Waals surface area contributed by atoms with E-state index in [0.29, 0.717) is 29.9 Å². The van der Waals surface area contributed by atoms with Crippen molar-refractivity contribution >= 4 is 11.6 Å². The van der Waals surface area contributed by atoms with Gasteiger partial charge in [-0.15, -0.1) is 0 Å². The fourth-order valence-corrected chi connectivity index (χ4v) is 2.64. The number of rotatable bonds is 4. The van der Waals surface area contributed by atoms with Crippen LogP contribution in [0.1, 0.15) is 28.8 Å². The van der Waals surface area contributed by atoms with Gasteiger partial charge in [0.1, 0.15) is 6.54 Å². The van der Waals surface area contributed by atoms with Gasteiger partial charge in [-0.1, -0.05) is 6.07 Å². The number of non-ortho nitro benzene ring substituents is 1. The van der Waals surface area contributed by atoms with Gasteiger partial charge in [0.2, 0.25) is 0 Å². The van der Waals surface area contributed by atoms with Gasteiger partial charge in [-0.2, -0.15) is 13.2 Å². The second-order valence-corrected chi connectivity index (χ2v) is 5.68. The molecule has 1 aromatic carbocycles. The molecule has 0 bridgehead atoms. The van der Waals surface area contributed by atoms with Gasteiger partial charge in [-0.05, 0) is 25.3 Å². The van der Waals surface area contributed by atoms with Crippen molar-refractivity contribution in [2.45, 2.75) is 32.0 Å². The van der Waals surface area contributed by atoms with E-state index in [0.717, 1.165) is 6.07 Å². The number of carbonyl (C=O) groups excluding carboxylic acids is 1. The van der Waals surface area contributed by atoms with E-state index in [-0.39, 0.29) is 17.9 Å². The maximum atomic E-state index is 12.9. The summed E-state index contributed by atoms with van der Waals surface area (Å²) in [5, 5.41) is 10.9. The van der Waals surface area contributed by atoms with Crippen LogP contribution in [0.2, 0.25) is 0 Å². The summed E-state index contributed by atoms with van der Waals surface area (Å²) in [6.07, 6.45) is -3.61. The number of alkyl halides is 3. The predicted molar refractivity (Wildman–Crippen MR) is 78.8 cm³/mol. The van der Waals surface area contributed by atoms with Crippen molar-refractivity contribution in [2.24, 2.45) is 0 Å². The summed E-state index contributed by atoms with van der Waals surface area (Å²) in [5.74, 6) is -0.871. The van der Waals surface area contributed by atoms with Gasteiger partial charge in [0.15, 0.2) is 0 Å². The molecule has 0 aliphatic carbocycles. The lowest BCUT2D eigenvalue weighted by atomic mass is 10.0. The predicted octanol–water partition coefficient (Wildman–Crippen LogP) is 3.09. The molecule has 1 amide bonds. The van der Waals surface area contributed by atoms with Gasteiger partial charge < -0.3 is 9.64 Å². The number of nitrogens with zero attached hydrogens (tertiary/aromatic N) is 2. The van der Waals surface area contributed by atoms with Crippen LogP contribution in [0.3, 0.4) is 0 Å². The Morgan fingerprint density at radius 1 is 1.46 bits per heavy atom. The second kappa shape index (κ2) is 7.16. The van der Waals surface area contributed by atoms with Gasteiger partial charge in [-0.25, -0.2) is 0 Å². The highest BCUT2D eigenvalue weighted by Crippen LogP contribution is 2.26. The monoisotopic (exact) mass is 346 g/mol. The van der Waals surface area contributed by atoms with Crippen molar-refractivity contribution in [3.05, 3.63) is 39.4 Å². The van der Waals surface area contributed by atoms with Crippen LogP contribution in [-0.2, 0) is 4.74 Å². The number of hydrogen-bond donors (Lipinski definition) is 0. The van der Waals surface area contributed by atoms with Crippen molar-refractivity contribution in [3.8, 4) is 0 Å². The Hall–Kier alpha value is -2.16. The number of halogens is 3. The average molecular weight is 346 g/mol. The third kappa shape index (κ3) is 4.44. The highest BCUT2D eigenvalue weighted by atomic mass is 19.4. The molecule has 1 fully saturated rings. The first-order valence-corrected chi connectivity index (χ1v) is 7.39. The molecule has 0 aromatic heterocycles. The number of nitro benzene ring substituents is 1. The van der Waals surface area contributed by atoms with E-state index < -0.39 is 29.6 Å². The summed E-state index contributed by atoms with van der Waals surface area (Å²) in [6.45, 7) is 0.582. The number of hydrogen-bond acceptors (Lipinski definition) is 4. The molecule has 6 nitrogen and oxygen atoms in total. The molecule has 1 aromatic rings. The SMILES string of the molecule is Cc1ccc([N+](=O)[O-])cc1C(=O)N(CC(F)(F)F)[C@@H]1CCCOC1. The van der Waals surface area contributed by atoms with Crippen molar-refractivity contribution in [1.82, 2.24) is 4.90 Å². The molecule has 1 saturated heterocycles. The number of carbonyl (C=O) groups is 1. The summed E-state index contributed by atoms with van der Waals surface area (Å²) < 4.78 is 43.9. The molecule has 9 heteroatoms. The molecule has 0 radical (unpaired) electrons. The van der Waals surface area contributed by atoms with E-state index in [4.69, 9.17) is 4.74 Å². The molecule has 132 valence electrons. The fourth-order valence-electron chi connectivity index (χ4n) is 2.64. The Morgan fingerprint density at radius 2 is 2.17 bits per heavy atom. The van der Waals surface area contributed by atoms with Crippen molar-refractivity contribution in [3.63, 3.8) is 0 Å². The first kappa shape index (κ1) is 18.2. The third-order valence-electron chi connectivity index (χ3n) is 3.85. The number of amides is 1. The Morgan fingerprint density at radius 3 is 2.71 bits per heavy atom. The lowest BCUT2D eigenvalue weighted by Crippen LogP contribution is -2.49. The molecule has 0 spiro atoms. The first-order valence-electron chi connectivity index (χ1n) is 7.39. The van der Waals surface area contributed by atoms with E-state index in [2.05, 4.69) is 0 Å². The second-order valence-electron chi connectivity index (χ2n) is 5.68. The zero-order valence-electron chi connectivity index (χ0n) is 13.0. The van der Waals surface area contributed by atoms with Crippen molar-refractivity contribution in [2.75, 3.05) is 19.8 Å². The van der Waals surface area contributed by atoms with Gasteiger partial charge in [0, 0.05) is 24.3 Å². The summed E-state index contributed by atoms with van der Waals surface area (Å²) in [4.78, 5) is 23.6. The van der Waals surface area contributed by atoms with E-state index in [1.54, 1.807) is 0 Å². The minimum Gasteiger partial charge on any atom is -0.379 e. The quantitative estimate of drug-likeness (QED) is 0.620. The summed E-state index contributed by atoms with van der Waals surface area (Å²) in [5.41, 5.74) is -0.0515. The molecule has 1 aliphatic rings. The van der Waals surface area contributed by atoms with Crippen LogP contribution in [-0.4, -0.2) is 47.7 Å². The maximum absolute atomic E-state index is 12.9. The Kier molecular flexibility index (Phi) is 5.43. The average Bonchev–Trinajstić information content (AvgIpc) is 2.52. The van der Waals surface area contributed by atoms with Crippen molar-refractivity contribution < 1.29 is 27.6 Å². The van der Waals surface area contributed by atoms with E-state index in [9.17, 15) is 28.1 Å². The smallest absolute Gasteiger partial charge is 0.379 e. The van der Waals surface area contributed by atoms with Crippen LogP contribution in [0.15, 0.2) is 18.2 Å². The molecule has 1 atom stereocenters. The maximum Gasteiger partial charge on any atom is 0.406 e. The summed E-state index contributed by atoms with van der Waals surface area (Å²) in [6, 6.07) is 2.88. The van der Waals surface area contributed by atoms with Gasteiger partial charge in [0.25, 0.3) is 11.6 Å². The van der Waals surface area contributed by atoms with E-state index >= 15 is 0 Å². The number of benzene rings is 1. The molecule has 2 rings (SSSR count). The highest BCUT2D eigenvalue weighted by molar-refractivity contribution is 5.96. The van der Waals surface area contributed by atoms with Crippen LogP contribution in [0.25, 0.3) is 0 Å². The zero-order chi connectivity index (χ0) is 17.9. The Bertz CT molecular complexity index is 628. The molecule has 0 unspecified atom stereocenters. The number of aryl methyl sites for hydroxylation is 1. The molecule has 0 saturated carbocycles. The first-order chi connectivity index (χ1) is 11.2. The van der Waals surface area contributed by atoms with Crippen molar-refractivity contribution in [1.29, 1.82) is 0 Å². The minimum absolute atomic E-state index is 0.0236. The van der Waals surface area contributed by atoms with E-state index in [1.807, 2.05) is 0 Å². The molecular formula is C15H17F3N2O4.